The van der Waals surface area contributed by atoms with Crippen molar-refractivity contribution in [2.75, 3.05) is 0 Å². The second-order valence-corrected chi connectivity index (χ2v) is 2.31. The lowest BCUT2D eigenvalue weighted by Crippen LogP contribution is -2.36. The first-order valence-electron chi connectivity index (χ1n) is 3.46. The van der Waals surface area contributed by atoms with E-state index in [0.717, 1.165) is 5.69 Å². The van der Waals surface area contributed by atoms with Gasteiger partial charge in [0.2, 0.25) is 0 Å². The number of hydrogen-bond donors (Lipinski definition) is 1. The van der Waals surface area contributed by atoms with Crippen LogP contribution in [0.25, 0.3) is 0 Å². The Bertz CT molecular complexity index is 361. The molecule has 60 valence electrons. The lowest BCUT2D eigenvalue weighted by atomic mass is 10.4. The number of rotatable bonds is 1. The highest BCUT2D eigenvalue weighted by Crippen LogP contribution is 1.86. The summed E-state index contributed by atoms with van der Waals surface area (Å²) in [6.07, 6.45) is 1.53. The minimum absolute atomic E-state index is 0.479. The monoisotopic (exact) mass is 154 g/mol. The van der Waals surface area contributed by atoms with Gasteiger partial charge < -0.3 is 9.55 Å². The Kier molecular flexibility index (Phi) is 1.94. The van der Waals surface area contributed by atoms with Gasteiger partial charge in [0.05, 0.1) is 0 Å². The second kappa shape index (κ2) is 2.74. The van der Waals surface area contributed by atoms with Crippen LogP contribution in [0.5, 0.6) is 0 Å². The molecule has 1 heterocycles. The summed E-state index contributed by atoms with van der Waals surface area (Å²) in [5.74, 6) is 0. The molecule has 0 aromatic carbocycles. The van der Waals surface area contributed by atoms with Gasteiger partial charge in [0.1, 0.15) is 0 Å². The zero-order valence-electron chi connectivity index (χ0n) is 6.55. The summed E-state index contributed by atoms with van der Waals surface area (Å²) in [5, 5.41) is 0. The van der Waals surface area contributed by atoms with E-state index >= 15 is 0 Å². The number of H-pyrrole nitrogens is 1. The summed E-state index contributed by atoms with van der Waals surface area (Å²) in [6.45, 7) is 4.14. The number of hydrogen-bond acceptors (Lipinski definition) is 2. The van der Waals surface area contributed by atoms with Gasteiger partial charge in [-0.2, -0.15) is 0 Å². The lowest BCUT2D eigenvalue weighted by Gasteiger charge is -2.03. The zero-order chi connectivity index (χ0) is 8.43. The molecular weight excluding hydrogens is 144 g/mol. The normalized spacial score (nSPS) is 10.0. The molecule has 0 fully saturated rings. The Morgan fingerprint density at radius 2 is 2.18 bits per heavy atom. The fourth-order valence-corrected chi connectivity index (χ4v) is 0.985. The molecule has 0 unspecified atom stereocenters. The number of aromatic nitrogens is 2. The summed E-state index contributed by atoms with van der Waals surface area (Å²) < 4.78 is 1.43. The van der Waals surface area contributed by atoms with Crippen molar-refractivity contribution in [3.8, 4) is 0 Å². The highest BCUT2D eigenvalue weighted by Gasteiger charge is 1.99. The standard InChI is InChI=1S/C7H10N2O2/c1-3-9-5(2)4-8-6(10)7(9)11/h4H,3H2,1-2H3,(H,8,10). The van der Waals surface area contributed by atoms with Crippen LogP contribution >= 0.6 is 0 Å². The van der Waals surface area contributed by atoms with E-state index in [1.807, 2.05) is 6.92 Å². The fraction of sp³-hybridized carbons (Fsp3) is 0.429. The maximum atomic E-state index is 11.0. The first-order chi connectivity index (χ1) is 5.16. The third-order valence-corrected chi connectivity index (χ3v) is 1.59. The van der Waals surface area contributed by atoms with Crippen molar-refractivity contribution < 1.29 is 0 Å². The van der Waals surface area contributed by atoms with Crippen molar-refractivity contribution in [3.63, 3.8) is 0 Å². The van der Waals surface area contributed by atoms with Crippen molar-refractivity contribution in [1.82, 2.24) is 9.55 Å². The van der Waals surface area contributed by atoms with Gasteiger partial charge in [0.25, 0.3) is 0 Å². The minimum atomic E-state index is -0.558. The Labute approximate surface area is 63.5 Å². The van der Waals surface area contributed by atoms with Gasteiger partial charge in [-0.3, -0.25) is 9.59 Å². The van der Waals surface area contributed by atoms with E-state index in [0.29, 0.717) is 6.54 Å². The van der Waals surface area contributed by atoms with Gasteiger partial charge in [-0.05, 0) is 13.8 Å². The van der Waals surface area contributed by atoms with Crippen molar-refractivity contribution in [2.24, 2.45) is 0 Å². The summed E-state index contributed by atoms with van der Waals surface area (Å²) in [6, 6.07) is 0. The van der Waals surface area contributed by atoms with Gasteiger partial charge in [0, 0.05) is 18.4 Å². The van der Waals surface area contributed by atoms with Crippen LogP contribution in [0.1, 0.15) is 12.6 Å². The van der Waals surface area contributed by atoms with Crippen LogP contribution in [0.2, 0.25) is 0 Å². The van der Waals surface area contributed by atoms with Crippen LogP contribution in [-0.4, -0.2) is 9.55 Å². The largest absolute Gasteiger partial charge is 0.323 e. The highest BCUT2D eigenvalue weighted by atomic mass is 16.2. The highest BCUT2D eigenvalue weighted by molar-refractivity contribution is 4.95. The van der Waals surface area contributed by atoms with Crippen LogP contribution in [0.3, 0.4) is 0 Å². The van der Waals surface area contributed by atoms with E-state index in [2.05, 4.69) is 4.98 Å². The van der Waals surface area contributed by atoms with E-state index in [-0.39, 0.29) is 0 Å². The maximum Gasteiger partial charge on any atom is 0.316 e. The molecule has 4 heteroatoms. The van der Waals surface area contributed by atoms with Crippen LogP contribution in [0.15, 0.2) is 15.8 Å². The third kappa shape index (κ3) is 1.24. The predicted octanol–water partition coefficient (Wildman–Crippen LogP) is -0.135. The quantitative estimate of drug-likeness (QED) is 0.572. The van der Waals surface area contributed by atoms with Gasteiger partial charge in [-0.1, -0.05) is 0 Å². The number of aromatic amines is 1. The first kappa shape index (κ1) is 7.78. The van der Waals surface area contributed by atoms with Crippen molar-refractivity contribution in [2.45, 2.75) is 20.4 Å². The topological polar surface area (TPSA) is 54.9 Å². The van der Waals surface area contributed by atoms with E-state index in [4.69, 9.17) is 0 Å². The Balaban J connectivity index is 3.54. The molecule has 0 saturated heterocycles. The third-order valence-electron chi connectivity index (χ3n) is 1.59. The van der Waals surface area contributed by atoms with Gasteiger partial charge in [-0.25, -0.2) is 0 Å². The lowest BCUT2D eigenvalue weighted by molar-refractivity contribution is 0.681. The maximum absolute atomic E-state index is 11.0. The first-order valence-corrected chi connectivity index (χ1v) is 3.46. The smallest absolute Gasteiger partial charge is 0.316 e. The van der Waals surface area contributed by atoms with E-state index in [9.17, 15) is 9.59 Å². The summed E-state index contributed by atoms with van der Waals surface area (Å²) in [4.78, 5) is 24.2. The molecule has 0 radical (unpaired) electrons. The predicted molar refractivity (Wildman–Crippen MR) is 41.7 cm³/mol. The second-order valence-electron chi connectivity index (χ2n) is 2.31. The average Bonchev–Trinajstić information content (AvgIpc) is 1.99. The van der Waals surface area contributed by atoms with Gasteiger partial charge in [-0.15, -0.1) is 0 Å². The molecule has 11 heavy (non-hydrogen) atoms. The van der Waals surface area contributed by atoms with Crippen LogP contribution in [0, 0.1) is 6.92 Å². The average molecular weight is 154 g/mol. The molecule has 0 spiro atoms. The van der Waals surface area contributed by atoms with Crippen molar-refractivity contribution in [3.05, 3.63) is 32.6 Å². The van der Waals surface area contributed by atoms with Crippen molar-refractivity contribution >= 4 is 0 Å². The molecule has 0 aliphatic carbocycles. The molecule has 0 atom stereocenters. The van der Waals surface area contributed by atoms with Gasteiger partial charge in [0.15, 0.2) is 0 Å². The molecule has 0 bridgehead atoms. The molecule has 1 aromatic rings. The molecule has 1 N–H and O–H groups in total. The summed E-state index contributed by atoms with van der Waals surface area (Å²) >= 11 is 0. The van der Waals surface area contributed by atoms with E-state index < -0.39 is 11.1 Å². The fourth-order valence-electron chi connectivity index (χ4n) is 0.985. The molecular formula is C7H10N2O2. The Hall–Kier alpha value is -1.32. The van der Waals surface area contributed by atoms with Crippen LogP contribution < -0.4 is 11.1 Å². The summed E-state index contributed by atoms with van der Waals surface area (Å²) in [5.41, 5.74) is -0.262. The van der Waals surface area contributed by atoms with Crippen LogP contribution in [-0.2, 0) is 6.54 Å². The minimum Gasteiger partial charge on any atom is -0.323 e. The molecule has 0 amide bonds. The van der Waals surface area contributed by atoms with E-state index in [1.54, 1.807) is 6.92 Å². The Morgan fingerprint density at radius 1 is 1.55 bits per heavy atom. The van der Waals surface area contributed by atoms with E-state index in [1.165, 1.54) is 10.8 Å². The zero-order valence-corrected chi connectivity index (χ0v) is 6.55. The number of aryl methyl sites for hydroxylation is 1. The molecule has 1 rings (SSSR count). The van der Waals surface area contributed by atoms with Crippen molar-refractivity contribution in [1.29, 1.82) is 0 Å². The molecule has 4 nitrogen and oxygen atoms in total. The van der Waals surface area contributed by atoms with Gasteiger partial charge >= 0.3 is 11.1 Å². The summed E-state index contributed by atoms with van der Waals surface area (Å²) in [7, 11) is 0. The molecule has 0 aliphatic rings. The Morgan fingerprint density at radius 3 is 2.64 bits per heavy atom. The SMILES string of the molecule is CCn1c(C)c[nH]c(=O)c1=O. The molecule has 0 aliphatic heterocycles. The molecule has 1 aromatic heterocycles. The molecule has 0 saturated carbocycles. The number of nitrogens with zero attached hydrogens (tertiary/aromatic N) is 1. The number of nitrogens with one attached hydrogen (secondary N) is 1. The van der Waals surface area contributed by atoms with Crippen LogP contribution in [0.4, 0.5) is 0 Å².